The van der Waals surface area contributed by atoms with Gasteiger partial charge in [0.15, 0.2) is 0 Å². The SMILES string of the molecule is Cc1cc(C#CCCN=[N+]=[N-])c(F)cc1Cl. The molecule has 0 bridgehead atoms. The van der Waals surface area contributed by atoms with Gasteiger partial charge in [-0.1, -0.05) is 28.6 Å². The molecule has 0 fully saturated rings. The van der Waals surface area contributed by atoms with Gasteiger partial charge in [-0.3, -0.25) is 0 Å². The van der Waals surface area contributed by atoms with Crippen molar-refractivity contribution in [2.24, 2.45) is 5.11 Å². The van der Waals surface area contributed by atoms with Crippen molar-refractivity contribution in [1.82, 2.24) is 0 Å². The largest absolute Gasteiger partial charge is 0.206 e. The minimum atomic E-state index is -0.438. The van der Waals surface area contributed by atoms with Crippen molar-refractivity contribution >= 4 is 11.6 Å². The highest BCUT2D eigenvalue weighted by Crippen LogP contribution is 2.19. The number of aryl methyl sites for hydroxylation is 1. The molecule has 0 aromatic heterocycles. The molecule has 0 aliphatic rings. The Hall–Kier alpha value is -1.69. The van der Waals surface area contributed by atoms with E-state index in [0.717, 1.165) is 5.56 Å². The van der Waals surface area contributed by atoms with Gasteiger partial charge in [-0.15, -0.1) is 0 Å². The lowest BCUT2D eigenvalue weighted by Crippen LogP contribution is -1.86. The van der Waals surface area contributed by atoms with E-state index in [1.54, 1.807) is 13.0 Å². The second-order valence-corrected chi connectivity index (χ2v) is 3.49. The van der Waals surface area contributed by atoms with Gasteiger partial charge in [0, 0.05) is 22.9 Å². The first-order valence-electron chi connectivity index (χ1n) is 4.60. The smallest absolute Gasteiger partial charge is 0.140 e. The molecule has 0 saturated heterocycles. The molecule has 82 valence electrons. The molecule has 3 nitrogen and oxygen atoms in total. The lowest BCUT2D eigenvalue weighted by molar-refractivity contribution is 0.624. The highest BCUT2D eigenvalue weighted by atomic mass is 35.5. The normalized spacial score (nSPS) is 8.94. The third-order valence-electron chi connectivity index (χ3n) is 1.87. The molecule has 0 heterocycles. The van der Waals surface area contributed by atoms with Crippen LogP contribution in [0.5, 0.6) is 0 Å². The van der Waals surface area contributed by atoms with E-state index in [4.69, 9.17) is 17.1 Å². The number of halogens is 2. The summed E-state index contributed by atoms with van der Waals surface area (Å²) < 4.78 is 13.3. The van der Waals surface area contributed by atoms with Gasteiger partial charge in [0.25, 0.3) is 0 Å². The van der Waals surface area contributed by atoms with Crippen molar-refractivity contribution in [2.75, 3.05) is 6.54 Å². The molecular weight excluding hydrogens is 229 g/mol. The van der Waals surface area contributed by atoms with Crippen LogP contribution in [0.25, 0.3) is 10.4 Å². The third-order valence-corrected chi connectivity index (χ3v) is 2.28. The van der Waals surface area contributed by atoms with Gasteiger partial charge >= 0.3 is 0 Å². The summed E-state index contributed by atoms with van der Waals surface area (Å²) in [6.45, 7) is 2.07. The van der Waals surface area contributed by atoms with Gasteiger partial charge in [-0.05, 0) is 30.2 Å². The van der Waals surface area contributed by atoms with Crippen molar-refractivity contribution in [2.45, 2.75) is 13.3 Å². The van der Waals surface area contributed by atoms with Gasteiger partial charge < -0.3 is 0 Å². The lowest BCUT2D eigenvalue weighted by Gasteiger charge is -1.99. The first kappa shape index (κ1) is 12.4. The van der Waals surface area contributed by atoms with Crippen LogP contribution in [0, 0.1) is 24.6 Å². The molecule has 0 aliphatic carbocycles. The first-order chi connectivity index (χ1) is 7.65. The van der Waals surface area contributed by atoms with E-state index in [1.165, 1.54) is 6.07 Å². The van der Waals surface area contributed by atoms with E-state index in [2.05, 4.69) is 21.9 Å². The molecular formula is C11H9ClFN3. The zero-order chi connectivity index (χ0) is 12.0. The van der Waals surface area contributed by atoms with E-state index in [1.807, 2.05) is 0 Å². The van der Waals surface area contributed by atoms with Crippen LogP contribution in [-0.2, 0) is 0 Å². The average Bonchev–Trinajstić information content (AvgIpc) is 2.25. The highest BCUT2D eigenvalue weighted by molar-refractivity contribution is 6.31. The Morgan fingerprint density at radius 1 is 1.56 bits per heavy atom. The van der Waals surface area contributed by atoms with Gasteiger partial charge in [0.05, 0.1) is 5.56 Å². The summed E-state index contributed by atoms with van der Waals surface area (Å²) in [5.41, 5.74) is 9.12. The molecule has 0 aliphatic heterocycles. The van der Waals surface area contributed by atoms with Crippen molar-refractivity contribution in [3.05, 3.63) is 44.5 Å². The Balaban J connectivity index is 2.80. The van der Waals surface area contributed by atoms with Gasteiger partial charge in [0.1, 0.15) is 5.82 Å². The highest BCUT2D eigenvalue weighted by Gasteiger charge is 2.03. The Labute approximate surface area is 97.9 Å². The molecule has 0 amide bonds. The summed E-state index contributed by atoms with van der Waals surface area (Å²) in [6.07, 6.45) is 0.408. The van der Waals surface area contributed by atoms with Crippen LogP contribution < -0.4 is 0 Å². The molecule has 1 aromatic carbocycles. The summed E-state index contributed by atoms with van der Waals surface area (Å²) in [5, 5.41) is 3.71. The Bertz CT molecular complexity index is 496. The maximum Gasteiger partial charge on any atom is 0.140 e. The molecule has 1 rings (SSSR count). The van der Waals surface area contributed by atoms with Crippen LogP contribution >= 0.6 is 11.6 Å². The monoisotopic (exact) mass is 237 g/mol. The van der Waals surface area contributed by atoms with Crippen LogP contribution in [0.1, 0.15) is 17.5 Å². The van der Waals surface area contributed by atoms with Crippen molar-refractivity contribution < 1.29 is 4.39 Å². The second kappa shape index (κ2) is 6.02. The summed E-state index contributed by atoms with van der Waals surface area (Å²) in [6, 6.07) is 2.84. The second-order valence-electron chi connectivity index (χ2n) is 3.09. The number of hydrogen-bond donors (Lipinski definition) is 0. The molecule has 0 radical (unpaired) electrons. The van der Waals surface area contributed by atoms with E-state index in [-0.39, 0.29) is 6.54 Å². The van der Waals surface area contributed by atoms with Crippen LogP contribution in [0.3, 0.4) is 0 Å². The average molecular weight is 238 g/mol. The molecule has 1 aromatic rings. The molecule has 0 saturated carbocycles. The maximum absolute atomic E-state index is 13.3. The maximum atomic E-state index is 13.3. The first-order valence-corrected chi connectivity index (χ1v) is 4.98. The van der Waals surface area contributed by atoms with E-state index in [0.29, 0.717) is 17.0 Å². The van der Waals surface area contributed by atoms with Gasteiger partial charge in [0.2, 0.25) is 0 Å². The number of hydrogen-bond acceptors (Lipinski definition) is 1. The van der Waals surface area contributed by atoms with Crippen LogP contribution in [0.2, 0.25) is 5.02 Å². The van der Waals surface area contributed by atoms with Crippen molar-refractivity contribution in [3.63, 3.8) is 0 Å². The van der Waals surface area contributed by atoms with Crippen LogP contribution in [0.15, 0.2) is 17.2 Å². The molecule has 5 heteroatoms. The zero-order valence-corrected chi connectivity index (χ0v) is 9.42. The number of benzene rings is 1. The summed E-state index contributed by atoms with van der Waals surface area (Å²) in [4.78, 5) is 2.59. The van der Waals surface area contributed by atoms with E-state index >= 15 is 0 Å². The molecule has 0 unspecified atom stereocenters. The van der Waals surface area contributed by atoms with Crippen molar-refractivity contribution in [1.29, 1.82) is 0 Å². The Morgan fingerprint density at radius 3 is 3.00 bits per heavy atom. The third kappa shape index (κ3) is 3.47. The standard InChI is InChI=1S/C11H9ClFN3/c1-8-6-9(11(13)7-10(8)12)4-2-3-5-15-16-14/h6-7H,3,5H2,1H3. The summed E-state index contributed by atoms with van der Waals surface area (Å²) >= 11 is 5.75. The zero-order valence-electron chi connectivity index (χ0n) is 8.67. The lowest BCUT2D eigenvalue weighted by atomic mass is 10.1. The van der Waals surface area contributed by atoms with E-state index in [9.17, 15) is 4.39 Å². The fourth-order valence-electron chi connectivity index (χ4n) is 1.06. The number of azide groups is 1. The number of rotatable bonds is 2. The molecule has 0 atom stereocenters. The molecule has 0 N–H and O–H groups in total. The Kier molecular flexibility index (Phi) is 4.65. The topological polar surface area (TPSA) is 48.8 Å². The molecule has 16 heavy (non-hydrogen) atoms. The Morgan fingerprint density at radius 2 is 2.31 bits per heavy atom. The molecule has 0 spiro atoms. The van der Waals surface area contributed by atoms with Crippen LogP contribution in [0.4, 0.5) is 4.39 Å². The summed E-state index contributed by atoms with van der Waals surface area (Å²) in [5.74, 6) is 4.96. The summed E-state index contributed by atoms with van der Waals surface area (Å²) in [7, 11) is 0. The van der Waals surface area contributed by atoms with Gasteiger partial charge in [-0.25, -0.2) is 4.39 Å². The fraction of sp³-hybridized carbons (Fsp3) is 0.273. The predicted molar refractivity (Wildman–Crippen MR) is 61.7 cm³/mol. The fourth-order valence-corrected chi connectivity index (χ4v) is 1.21. The minimum Gasteiger partial charge on any atom is -0.206 e. The van der Waals surface area contributed by atoms with Gasteiger partial charge in [-0.2, -0.15) is 0 Å². The number of nitrogens with zero attached hydrogens (tertiary/aromatic N) is 3. The quantitative estimate of drug-likeness (QED) is 0.247. The van der Waals surface area contributed by atoms with Crippen LogP contribution in [-0.4, -0.2) is 6.54 Å². The predicted octanol–water partition coefficient (Wildman–Crippen LogP) is 3.84. The van der Waals surface area contributed by atoms with Crippen molar-refractivity contribution in [3.8, 4) is 11.8 Å². The minimum absolute atomic E-state index is 0.289. The van der Waals surface area contributed by atoms with E-state index < -0.39 is 5.82 Å².